The summed E-state index contributed by atoms with van der Waals surface area (Å²) >= 11 is 6.10. The summed E-state index contributed by atoms with van der Waals surface area (Å²) in [4.78, 5) is 5.56. The molecule has 25 heavy (non-hydrogen) atoms. The van der Waals surface area contributed by atoms with E-state index in [0.717, 1.165) is 35.1 Å². The van der Waals surface area contributed by atoms with Gasteiger partial charge in [0.15, 0.2) is 0 Å². The molecule has 1 fully saturated rings. The van der Waals surface area contributed by atoms with E-state index in [2.05, 4.69) is 9.88 Å². The summed E-state index contributed by atoms with van der Waals surface area (Å²) in [7, 11) is 0. The molecule has 1 unspecified atom stereocenters. The van der Waals surface area contributed by atoms with Crippen molar-refractivity contribution in [2.75, 3.05) is 26.3 Å². The Balaban J connectivity index is 1.86. The molecule has 0 aliphatic carbocycles. The van der Waals surface area contributed by atoms with Gasteiger partial charge in [-0.15, -0.1) is 0 Å². The number of hydrogen-bond donors (Lipinski definition) is 3. The predicted molar refractivity (Wildman–Crippen MR) is 97.3 cm³/mol. The third-order valence-electron chi connectivity index (χ3n) is 4.69. The zero-order valence-electron chi connectivity index (χ0n) is 13.6. The second-order valence-corrected chi connectivity index (χ2v) is 6.66. The van der Waals surface area contributed by atoms with Crippen LogP contribution >= 0.6 is 11.6 Å². The van der Waals surface area contributed by atoms with Crippen LogP contribution in [-0.4, -0.2) is 46.4 Å². The third-order valence-corrected chi connectivity index (χ3v) is 4.92. The topological polar surface area (TPSA) is 68.7 Å². The van der Waals surface area contributed by atoms with Crippen LogP contribution in [0.25, 0.3) is 10.9 Å². The van der Waals surface area contributed by atoms with Gasteiger partial charge >= 0.3 is 0 Å². The maximum Gasteiger partial charge on any atom is 0.124 e. The van der Waals surface area contributed by atoms with Gasteiger partial charge in [-0.05, 0) is 29.8 Å². The van der Waals surface area contributed by atoms with E-state index in [0.29, 0.717) is 18.2 Å². The van der Waals surface area contributed by atoms with Crippen molar-refractivity contribution in [3.05, 3.63) is 58.7 Å². The third kappa shape index (κ3) is 3.06. The van der Waals surface area contributed by atoms with Crippen LogP contribution in [0.3, 0.4) is 0 Å². The fourth-order valence-corrected chi connectivity index (χ4v) is 3.68. The van der Waals surface area contributed by atoms with Crippen LogP contribution in [0.5, 0.6) is 11.5 Å². The minimum atomic E-state index is -0.139. The number of fused-ring (bicyclic) bond motifs is 1. The van der Waals surface area contributed by atoms with E-state index in [-0.39, 0.29) is 17.5 Å². The molecule has 1 aliphatic heterocycles. The largest absolute Gasteiger partial charge is 0.508 e. The number of H-pyrrole nitrogens is 1. The van der Waals surface area contributed by atoms with Gasteiger partial charge in [-0.25, -0.2) is 0 Å². The zero-order chi connectivity index (χ0) is 17.4. The highest BCUT2D eigenvalue weighted by molar-refractivity contribution is 6.31. The summed E-state index contributed by atoms with van der Waals surface area (Å²) in [5.74, 6) is 0.132. The van der Waals surface area contributed by atoms with Crippen LogP contribution in [-0.2, 0) is 4.74 Å². The van der Waals surface area contributed by atoms with Gasteiger partial charge in [0.2, 0.25) is 0 Å². The average Bonchev–Trinajstić information content (AvgIpc) is 3.01. The van der Waals surface area contributed by atoms with Crippen molar-refractivity contribution in [1.29, 1.82) is 0 Å². The molecule has 3 aromatic rings. The van der Waals surface area contributed by atoms with Crippen LogP contribution < -0.4 is 0 Å². The fraction of sp³-hybridized carbons (Fsp3) is 0.263. The van der Waals surface area contributed by atoms with Gasteiger partial charge in [-0.1, -0.05) is 17.7 Å². The smallest absolute Gasteiger partial charge is 0.124 e. The Morgan fingerprint density at radius 3 is 2.60 bits per heavy atom. The van der Waals surface area contributed by atoms with E-state index in [4.69, 9.17) is 16.3 Å². The number of phenols is 2. The summed E-state index contributed by atoms with van der Waals surface area (Å²) < 4.78 is 5.49. The van der Waals surface area contributed by atoms with Crippen LogP contribution in [0.2, 0.25) is 5.02 Å². The molecule has 6 heteroatoms. The van der Waals surface area contributed by atoms with Crippen molar-refractivity contribution in [3.8, 4) is 11.5 Å². The van der Waals surface area contributed by atoms with Gasteiger partial charge in [0.05, 0.1) is 19.3 Å². The van der Waals surface area contributed by atoms with E-state index in [1.165, 1.54) is 6.07 Å². The van der Waals surface area contributed by atoms with Gasteiger partial charge in [-0.2, -0.15) is 0 Å². The molecule has 2 heterocycles. The first kappa shape index (κ1) is 16.3. The highest BCUT2D eigenvalue weighted by Crippen LogP contribution is 2.39. The quantitative estimate of drug-likeness (QED) is 0.668. The van der Waals surface area contributed by atoms with Gasteiger partial charge in [0.25, 0.3) is 0 Å². The number of ether oxygens (including phenoxy) is 1. The Bertz CT molecular complexity index is 903. The molecule has 0 amide bonds. The lowest BCUT2D eigenvalue weighted by atomic mass is 9.95. The van der Waals surface area contributed by atoms with Crippen molar-refractivity contribution in [3.63, 3.8) is 0 Å². The van der Waals surface area contributed by atoms with E-state index < -0.39 is 0 Å². The van der Waals surface area contributed by atoms with Crippen molar-refractivity contribution in [1.82, 2.24) is 9.88 Å². The molecule has 0 saturated carbocycles. The van der Waals surface area contributed by atoms with E-state index >= 15 is 0 Å². The molecule has 1 aliphatic rings. The number of benzene rings is 2. The van der Waals surface area contributed by atoms with Crippen molar-refractivity contribution in [2.45, 2.75) is 6.04 Å². The van der Waals surface area contributed by atoms with Crippen molar-refractivity contribution in [2.24, 2.45) is 0 Å². The normalized spacial score (nSPS) is 17.0. The number of morpholine rings is 1. The highest BCUT2D eigenvalue weighted by atomic mass is 35.5. The summed E-state index contributed by atoms with van der Waals surface area (Å²) in [6.07, 6.45) is 1.97. The molecule has 4 rings (SSSR count). The van der Waals surface area contributed by atoms with Gasteiger partial charge in [-0.3, -0.25) is 4.90 Å². The first-order chi connectivity index (χ1) is 12.1. The van der Waals surface area contributed by atoms with Gasteiger partial charge in [0, 0.05) is 46.8 Å². The molecule has 3 N–H and O–H groups in total. The van der Waals surface area contributed by atoms with Crippen LogP contribution in [0.4, 0.5) is 0 Å². The average molecular weight is 359 g/mol. The second-order valence-electron chi connectivity index (χ2n) is 6.23. The number of aromatic hydroxyl groups is 2. The number of aromatic nitrogens is 1. The first-order valence-corrected chi connectivity index (χ1v) is 8.61. The highest BCUT2D eigenvalue weighted by Gasteiger charge is 2.28. The number of nitrogens with zero attached hydrogens (tertiary/aromatic N) is 1. The molecule has 2 aromatic carbocycles. The number of hydrogen-bond acceptors (Lipinski definition) is 4. The molecule has 1 aromatic heterocycles. The Morgan fingerprint density at radius 2 is 1.84 bits per heavy atom. The molecule has 1 saturated heterocycles. The van der Waals surface area contributed by atoms with Crippen LogP contribution in [0.15, 0.2) is 42.6 Å². The standard InChI is InChI=1S/C19H19ClN2O3/c20-12-1-3-14-16(11-21-17(14)9-12)19(22-5-7-25-8-6-22)15-4-2-13(23)10-18(15)24/h1-4,9-11,19,21,23-24H,5-8H2. The Morgan fingerprint density at radius 1 is 1.04 bits per heavy atom. The Labute approximate surface area is 150 Å². The van der Waals surface area contributed by atoms with Crippen molar-refractivity contribution < 1.29 is 14.9 Å². The molecule has 130 valence electrons. The fourth-order valence-electron chi connectivity index (χ4n) is 3.51. The predicted octanol–water partition coefficient (Wildman–Crippen LogP) is 3.65. The van der Waals surface area contributed by atoms with Crippen LogP contribution in [0.1, 0.15) is 17.2 Å². The number of aromatic amines is 1. The number of rotatable bonds is 3. The second kappa shape index (κ2) is 6.59. The minimum Gasteiger partial charge on any atom is -0.508 e. The number of halogens is 1. The molecule has 5 nitrogen and oxygen atoms in total. The summed E-state index contributed by atoms with van der Waals surface area (Å²) in [6.45, 7) is 2.85. The molecular weight excluding hydrogens is 340 g/mol. The maximum atomic E-state index is 10.5. The first-order valence-electron chi connectivity index (χ1n) is 8.23. The Hall–Kier alpha value is -2.21. The van der Waals surface area contributed by atoms with Crippen LogP contribution in [0, 0.1) is 0 Å². The maximum absolute atomic E-state index is 10.5. The summed E-state index contributed by atoms with van der Waals surface area (Å²) in [5.41, 5.74) is 2.78. The van der Waals surface area contributed by atoms with E-state index in [9.17, 15) is 10.2 Å². The molecule has 0 radical (unpaired) electrons. The summed E-state index contributed by atoms with van der Waals surface area (Å²) in [6, 6.07) is 10.4. The lowest BCUT2D eigenvalue weighted by molar-refractivity contribution is 0.0238. The molecular formula is C19H19ClN2O3. The lowest BCUT2D eigenvalue weighted by Crippen LogP contribution is -2.39. The minimum absolute atomic E-state index is 0.0488. The molecule has 1 atom stereocenters. The van der Waals surface area contributed by atoms with E-state index in [1.807, 2.05) is 24.4 Å². The van der Waals surface area contributed by atoms with Gasteiger partial charge < -0.3 is 19.9 Å². The summed E-state index contributed by atoms with van der Waals surface area (Å²) in [5, 5.41) is 21.8. The SMILES string of the molecule is Oc1ccc(C(c2c[nH]c3cc(Cl)ccc23)N2CCOCC2)c(O)c1. The Kier molecular flexibility index (Phi) is 4.29. The number of nitrogens with one attached hydrogen (secondary N) is 1. The molecule has 0 spiro atoms. The van der Waals surface area contributed by atoms with Gasteiger partial charge in [0.1, 0.15) is 11.5 Å². The molecule has 0 bridgehead atoms. The number of phenolic OH excluding ortho intramolecular Hbond substituents is 2. The van der Waals surface area contributed by atoms with E-state index in [1.54, 1.807) is 12.1 Å². The zero-order valence-corrected chi connectivity index (χ0v) is 14.3. The monoisotopic (exact) mass is 358 g/mol. The lowest BCUT2D eigenvalue weighted by Gasteiger charge is -2.35. The van der Waals surface area contributed by atoms with Crippen molar-refractivity contribution >= 4 is 22.5 Å².